The first-order valence-electron chi connectivity index (χ1n) is 8.62. The van der Waals surface area contributed by atoms with E-state index < -0.39 is 11.6 Å². The highest BCUT2D eigenvalue weighted by Gasteiger charge is 2.31. The summed E-state index contributed by atoms with van der Waals surface area (Å²) in [5, 5.41) is 2.85. The van der Waals surface area contributed by atoms with Crippen molar-refractivity contribution in [1.82, 2.24) is 10.2 Å². The zero-order valence-electron chi connectivity index (χ0n) is 15.7. The van der Waals surface area contributed by atoms with E-state index in [4.69, 9.17) is 9.47 Å². The van der Waals surface area contributed by atoms with E-state index in [1.165, 1.54) is 12.7 Å². The summed E-state index contributed by atoms with van der Waals surface area (Å²) in [6.45, 7) is 6.09. The fourth-order valence-corrected chi connectivity index (χ4v) is 3.01. The Bertz CT molecular complexity index is 642. The molecule has 0 spiro atoms. The van der Waals surface area contributed by atoms with E-state index in [0.717, 1.165) is 31.4 Å². The summed E-state index contributed by atoms with van der Waals surface area (Å²) in [6, 6.07) is 6.30. The van der Waals surface area contributed by atoms with Crippen molar-refractivity contribution in [2.75, 3.05) is 20.7 Å². The van der Waals surface area contributed by atoms with Crippen molar-refractivity contribution in [2.24, 2.45) is 0 Å². The Balaban J connectivity index is 1.91. The fourth-order valence-electron chi connectivity index (χ4n) is 3.01. The average molecular weight is 348 g/mol. The van der Waals surface area contributed by atoms with Crippen molar-refractivity contribution in [2.45, 2.75) is 51.7 Å². The van der Waals surface area contributed by atoms with Gasteiger partial charge in [-0.1, -0.05) is 12.1 Å². The van der Waals surface area contributed by atoms with E-state index in [-0.39, 0.29) is 12.1 Å². The summed E-state index contributed by atoms with van der Waals surface area (Å²) in [4.78, 5) is 25.0. The number of hydrogen-bond donors (Lipinski definition) is 1. The average Bonchev–Trinajstić information content (AvgIpc) is 2.88. The number of esters is 1. The topological polar surface area (TPSA) is 67.9 Å². The minimum absolute atomic E-state index is 0.00978. The number of nitrogens with zero attached hydrogens (tertiary/aromatic N) is 1. The van der Waals surface area contributed by atoms with Gasteiger partial charge in [0.1, 0.15) is 5.75 Å². The van der Waals surface area contributed by atoms with Gasteiger partial charge in [0.05, 0.1) is 13.2 Å². The van der Waals surface area contributed by atoms with Crippen molar-refractivity contribution in [3.05, 3.63) is 29.3 Å². The van der Waals surface area contributed by atoms with Gasteiger partial charge in [-0.3, -0.25) is 0 Å². The van der Waals surface area contributed by atoms with Crippen LogP contribution in [0.25, 0.3) is 0 Å². The zero-order valence-corrected chi connectivity index (χ0v) is 15.7. The predicted octanol–water partition coefficient (Wildman–Crippen LogP) is 2.67. The number of likely N-dealkylation sites (N-methyl/N-ethyl adjacent to an activating group) is 1. The van der Waals surface area contributed by atoms with Crippen LogP contribution in [0, 0.1) is 6.92 Å². The third kappa shape index (κ3) is 4.65. The Labute approximate surface area is 149 Å². The Kier molecular flexibility index (Phi) is 5.93. The Morgan fingerprint density at radius 3 is 2.68 bits per heavy atom. The number of carbonyl (C=O) groups excluding carboxylic acids is 2. The minimum atomic E-state index is -1.02. The summed E-state index contributed by atoms with van der Waals surface area (Å²) in [5.74, 6) is 0.282. The van der Waals surface area contributed by atoms with Crippen LogP contribution in [0.2, 0.25) is 0 Å². The van der Waals surface area contributed by atoms with Crippen LogP contribution in [-0.2, 0) is 16.0 Å². The van der Waals surface area contributed by atoms with Gasteiger partial charge < -0.3 is 19.7 Å². The van der Waals surface area contributed by atoms with Gasteiger partial charge in [-0.25, -0.2) is 9.59 Å². The third-order valence-corrected chi connectivity index (χ3v) is 4.64. The second kappa shape index (κ2) is 7.76. The number of hydrogen-bond acceptors (Lipinski definition) is 4. The summed E-state index contributed by atoms with van der Waals surface area (Å²) in [7, 11) is 3.20. The lowest BCUT2D eigenvalue weighted by molar-refractivity contribution is -0.156. The highest BCUT2D eigenvalue weighted by molar-refractivity contribution is 5.79. The molecule has 1 atom stereocenters. The number of ether oxygens (including phenoxy) is 2. The van der Waals surface area contributed by atoms with E-state index >= 15 is 0 Å². The van der Waals surface area contributed by atoms with Gasteiger partial charge >= 0.3 is 12.0 Å². The third-order valence-electron chi connectivity index (χ3n) is 4.64. The number of benzene rings is 1. The lowest BCUT2D eigenvalue weighted by Gasteiger charge is -2.24. The quantitative estimate of drug-likeness (QED) is 0.769. The second-order valence-corrected chi connectivity index (χ2v) is 7.05. The first kappa shape index (κ1) is 19.1. The molecule has 6 heteroatoms. The molecule has 1 aliphatic heterocycles. The molecule has 1 N–H and O–H groups in total. The SMILES string of the molecule is COC(=O)C(C)(C)Oc1ccc(CCCC2CNC(=O)N2C)cc1C. The van der Waals surface area contributed by atoms with E-state index in [1.807, 2.05) is 26.1 Å². The molecule has 0 bridgehead atoms. The molecule has 1 aliphatic rings. The number of rotatable bonds is 7. The van der Waals surface area contributed by atoms with Crippen molar-refractivity contribution in [3.8, 4) is 5.75 Å². The molecule has 0 aliphatic carbocycles. The van der Waals surface area contributed by atoms with Gasteiger partial charge in [0.2, 0.25) is 0 Å². The van der Waals surface area contributed by atoms with Crippen molar-refractivity contribution in [3.63, 3.8) is 0 Å². The molecule has 138 valence electrons. The Morgan fingerprint density at radius 1 is 1.40 bits per heavy atom. The van der Waals surface area contributed by atoms with Crippen LogP contribution in [0.15, 0.2) is 18.2 Å². The molecule has 2 amide bonds. The van der Waals surface area contributed by atoms with Gasteiger partial charge in [0.25, 0.3) is 0 Å². The molecular weight excluding hydrogens is 320 g/mol. The molecule has 1 heterocycles. The predicted molar refractivity (Wildman–Crippen MR) is 95.8 cm³/mol. The smallest absolute Gasteiger partial charge is 0.349 e. The van der Waals surface area contributed by atoms with Crippen molar-refractivity contribution >= 4 is 12.0 Å². The number of methoxy groups -OCH3 is 1. The van der Waals surface area contributed by atoms with Crippen LogP contribution < -0.4 is 10.1 Å². The summed E-state index contributed by atoms with van der Waals surface area (Å²) >= 11 is 0. The molecule has 1 fully saturated rings. The maximum atomic E-state index is 11.8. The highest BCUT2D eigenvalue weighted by atomic mass is 16.6. The Morgan fingerprint density at radius 2 is 2.12 bits per heavy atom. The van der Waals surface area contributed by atoms with Crippen LogP contribution in [-0.4, -0.2) is 49.2 Å². The lowest BCUT2D eigenvalue weighted by Crippen LogP contribution is -2.39. The highest BCUT2D eigenvalue weighted by Crippen LogP contribution is 2.25. The molecule has 0 aromatic heterocycles. The monoisotopic (exact) mass is 348 g/mol. The molecule has 6 nitrogen and oxygen atoms in total. The summed E-state index contributed by atoms with van der Waals surface area (Å²) in [6.07, 6.45) is 2.93. The fraction of sp³-hybridized carbons (Fsp3) is 0.579. The van der Waals surface area contributed by atoms with Crippen molar-refractivity contribution in [1.29, 1.82) is 0 Å². The van der Waals surface area contributed by atoms with Gasteiger partial charge in [0.15, 0.2) is 5.60 Å². The van der Waals surface area contributed by atoms with Crippen LogP contribution in [0.4, 0.5) is 4.79 Å². The second-order valence-electron chi connectivity index (χ2n) is 7.05. The van der Waals surface area contributed by atoms with Crippen LogP contribution in [0.1, 0.15) is 37.8 Å². The lowest BCUT2D eigenvalue weighted by atomic mass is 10.0. The zero-order chi connectivity index (χ0) is 18.6. The van der Waals surface area contributed by atoms with E-state index in [9.17, 15) is 9.59 Å². The van der Waals surface area contributed by atoms with Gasteiger partial charge in [-0.05, 0) is 57.2 Å². The number of aryl methyl sites for hydroxylation is 2. The van der Waals surface area contributed by atoms with E-state index in [2.05, 4.69) is 11.4 Å². The first-order chi connectivity index (χ1) is 11.7. The maximum absolute atomic E-state index is 11.8. The normalized spacial score (nSPS) is 17.4. The van der Waals surface area contributed by atoms with Crippen LogP contribution >= 0.6 is 0 Å². The molecule has 1 aromatic carbocycles. The summed E-state index contributed by atoms with van der Waals surface area (Å²) < 4.78 is 10.6. The molecule has 1 saturated heterocycles. The maximum Gasteiger partial charge on any atom is 0.349 e. The molecule has 25 heavy (non-hydrogen) atoms. The standard InChI is InChI=1S/C19H28N2O4/c1-13-11-14(7-6-8-15-12-20-18(23)21(15)4)9-10-16(13)25-19(2,3)17(22)24-5/h9-11,15H,6-8,12H2,1-5H3,(H,20,23). The summed E-state index contributed by atoms with van der Waals surface area (Å²) in [5.41, 5.74) is 1.19. The minimum Gasteiger partial charge on any atom is -0.476 e. The van der Waals surface area contributed by atoms with E-state index in [0.29, 0.717) is 5.75 Å². The Hall–Kier alpha value is -2.24. The van der Waals surface area contributed by atoms with Gasteiger partial charge in [-0.15, -0.1) is 0 Å². The number of carbonyl (C=O) groups is 2. The molecule has 1 aromatic rings. The van der Waals surface area contributed by atoms with E-state index in [1.54, 1.807) is 18.7 Å². The molecule has 0 saturated carbocycles. The number of amides is 2. The van der Waals surface area contributed by atoms with Gasteiger partial charge in [0, 0.05) is 13.6 Å². The number of urea groups is 1. The molecule has 0 radical (unpaired) electrons. The van der Waals surface area contributed by atoms with Crippen LogP contribution in [0.3, 0.4) is 0 Å². The van der Waals surface area contributed by atoms with Gasteiger partial charge in [-0.2, -0.15) is 0 Å². The largest absolute Gasteiger partial charge is 0.476 e. The molecule has 1 unspecified atom stereocenters. The number of nitrogens with one attached hydrogen (secondary N) is 1. The van der Waals surface area contributed by atoms with Crippen LogP contribution in [0.5, 0.6) is 5.75 Å². The first-order valence-corrected chi connectivity index (χ1v) is 8.62. The van der Waals surface area contributed by atoms with Crippen molar-refractivity contribution < 1.29 is 19.1 Å². The molecule has 2 rings (SSSR count). The molecular formula is C19H28N2O4.